The molecule has 3 aliphatic heterocycles. The van der Waals surface area contributed by atoms with Crippen molar-refractivity contribution in [3.05, 3.63) is 167 Å². The molecule has 3 aromatic carbocycles. The Morgan fingerprint density at radius 3 is 1.33 bits per heavy atom. The van der Waals surface area contributed by atoms with E-state index in [9.17, 15) is 27.6 Å². The van der Waals surface area contributed by atoms with E-state index >= 15 is 0 Å². The van der Waals surface area contributed by atoms with Gasteiger partial charge in [0.05, 0.1) is 21.1 Å². The molecule has 0 bridgehead atoms. The zero-order valence-corrected chi connectivity index (χ0v) is 54.4. The van der Waals surface area contributed by atoms with E-state index in [1.54, 1.807) is 13.8 Å². The van der Waals surface area contributed by atoms with Crippen LogP contribution in [0.5, 0.6) is 0 Å². The van der Waals surface area contributed by atoms with Gasteiger partial charge in [-0.15, -0.1) is 34.0 Å². The highest BCUT2D eigenvalue weighted by Gasteiger charge is 2.23. The molecule has 9 aromatic rings. The zero-order valence-electron chi connectivity index (χ0n) is 51.9. The van der Waals surface area contributed by atoms with Crippen LogP contribution in [0.2, 0.25) is 0 Å². The number of piperidine rings is 3. The van der Waals surface area contributed by atoms with Gasteiger partial charge >= 0.3 is 0 Å². The number of thiophene rings is 3. The van der Waals surface area contributed by atoms with Crippen LogP contribution in [0, 0.1) is 47.4 Å². The van der Waals surface area contributed by atoms with Crippen molar-refractivity contribution in [2.75, 3.05) is 79.3 Å². The monoisotopic (exact) mass is 1260 g/mol. The van der Waals surface area contributed by atoms with Crippen molar-refractivity contribution >= 4 is 105 Å². The second kappa shape index (κ2) is 29.8. The molecule has 0 aliphatic carbocycles. The quantitative estimate of drug-likeness (QED) is 0.0733. The lowest BCUT2D eigenvalue weighted by Crippen LogP contribution is -2.29. The van der Waals surface area contributed by atoms with Crippen LogP contribution in [0.3, 0.4) is 0 Å². The van der Waals surface area contributed by atoms with E-state index < -0.39 is 6.43 Å². The molecule has 0 radical (unpaired) electrons. The minimum absolute atomic E-state index is 0.117. The Hall–Kier alpha value is -7.61. The maximum absolute atomic E-state index is 13.8. The molecule has 0 unspecified atom stereocenters. The van der Waals surface area contributed by atoms with Gasteiger partial charge in [-0.05, 0) is 212 Å². The van der Waals surface area contributed by atoms with Crippen molar-refractivity contribution < 1.29 is 27.6 Å². The third-order valence-electron chi connectivity index (χ3n) is 17.3. The molecule has 13 nitrogen and oxygen atoms in total. The number of nitrogens with one attached hydrogen (secondary N) is 3. The molecular formula is C70H81F3N10O3S3. The Kier molecular flexibility index (Phi) is 21.6. The summed E-state index contributed by atoms with van der Waals surface area (Å²) in [5, 5.41) is 11.4. The first kappa shape index (κ1) is 64.4. The van der Waals surface area contributed by atoms with Crippen molar-refractivity contribution in [3.63, 3.8) is 0 Å². The molecule has 0 saturated carbocycles. The second-order valence-corrected chi connectivity index (χ2v) is 26.6. The van der Waals surface area contributed by atoms with Gasteiger partial charge in [0.25, 0.3) is 24.1 Å². The SMILES string of the molecule is Cc1cc(C(F)F)nc2sc(C(=O)NCCc3ccc(N4CCCCC4)cc3)c(C)c12.Cc1cc2c(N)c(C(=O)NCCc3ccc(N4CCCCC4)cc3)sc2nc1C.Cc1nc2sc(C(=O)NCCc3ccc(N4CCCCC4)cc3)c(C)c2cc1F. The second-order valence-electron chi connectivity index (χ2n) is 23.6. The number of anilines is 4. The van der Waals surface area contributed by atoms with Gasteiger partial charge in [-0.25, -0.2) is 28.1 Å². The third-order valence-corrected chi connectivity index (χ3v) is 20.8. The standard InChI is InChI=1S/C24H27F2N3OS.C23H26FN3OS.C23H28N4OS/c1-15-14-19(22(25)26)28-24-20(15)16(2)21(31-24)23(30)27-11-10-17-6-8-18(9-7-17)29-12-4-3-5-13-29;1-15-19-14-20(24)16(2)26-23(19)29-21(15)22(28)25-11-10-17-6-8-18(9-7-17)27-12-4-3-5-13-27;1-15-14-19-20(24)21(29-23(19)26-16(15)2)22(28)25-11-10-17-6-8-18(9-7-17)27-12-4-3-5-13-27/h6-9,14,22H,3-5,10-13H2,1-2H3,(H,27,30);6-9,14H,3-5,10-13H2,1-2H3,(H,25,28);6-9,14H,3-5,10-13,24H2,1-2H3,(H,25,28). The summed E-state index contributed by atoms with van der Waals surface area (Å²) in [5.41, 5.74) is 18.7. The number of nitrogens with two attached hydrogens (primary N) is 1. The molecule has 3 amide bonds. The highest BCUT2D eigenvalue weighted by molar-refractivity contribution is 7.21. The van der Waals surface area contributed by atoms with Gasteiger partial charge in [0.15, 0.2) is 0 Å². The molecule has 9 heterocycles. The summed E-state index contributed by atoms with van der Waals surface area (Å²) in [7, 11) is 0. The van der Waals surface area contributed by atoms with Gasteiger partial charge < -0.3 is 36.4 Å². The van der Waals surface area contributed by atoms with Gasteiger partial charge in [0, 0.05) is 97.8 Å². The largest absolute Gasteiger partial charge is 0.397 e. The topological polar surface area (TPSA) is 162 Å². The van der Waals surface area contributed by atoms with Crippen LogP contribution in [0.1, 0.15) is 149 Å². The summed E-state index contributed by atoms with van der Waals surface area (Å²) in [4.78, 5) is 61.9. The van der Waals surface area contributed by atoms with E-state index in [-0.39, 0.29) is 29.2 Å². The summed E-state index contributed by atoms with van der Waals surface area (Å²) in [6, 6.07) is 30.9. The number of aromatic nitrogens is 3. The van der Waals surface area contributed by atoms with E-state index in [4.69, 9.17) is 5.73 Å². The number of carbonyl (C=O) groups is 3. The van der Waals surface area contributed by atoms with E-state index in [1.807, 2.05) is 33.8 Å². The predicted molar refractivity (Wildman–Crippen MR) is 362 cm³/mol. The van der Waals surface area contributed by atoms with Gasteiger partial charge in [0.1, 0.15) is 30.9 Å². The smallest absolute Gasteiger partial charge is 0.280 e. The normalized spacial score (nSPS) is 14.4. The van der Waals surface area contributed by atoms with Crippen LogP contribution in [0.4, 0.5) is 35.9 Å². The molecule has 19 heteroatoms. The summed E-state index contributed by atoms with van der Waals surface area (Å²) in [6.07, 6.45) is 11.3. The van der Waals surface area contributed by atoms with Crippen molar-refractivity contribution in [3.8, 4) is 0 Å². The Balaban J connectivity index is 0.000000147. The Morgan fingerprint density at radius 1 is 0.483 bits per heavy atom. The fourth-order valence-electron chi connectivity index (χ4n) is 11.9. The molecule has 6 aromatic heterocycles. The number of aryl methyl sites for hydroxylation is 6. The number of benzene rings is 3. The number of alkyl halides is 2. The molecular weight excluding hydrogens is 1180 g/mol. The zero-order chi connectivity index (χ0) is 62.7. The number of hydrogen-bond donors (Lipinski definition) is 4. The highest BCUT2D eigenvalue weighted by Crippen LogP contribution is 2.36. The minimum Gasteiger partial charge on any atom is -0.397 e. The summed E-state index contributed by atoms with van der Waals surface area (Å²) >= 11 is 3.87. The van der Waals surface area contributed by atoms with Crippen LogP contribution < -0.4 is 36.4 Å². The highest BCUT2D eigenvalue weighted by atomic mass is 32.1. The summed E-state index contributed by atoms with van der Waals surface area (Å²) < 4.78 is 39.9. The summed E-state index contributed by atoms with van der Waals surface area (Å²) in [5.74, 6) is -0.749. The van der Waals surface area contributed by atoms with Crippen LogP contribution in [-0.4, -0.2) is 91.6 Å². The number of amides is 3. The molecule has 0 atom stereocenters. The molecule has 3 aliphatic rings. The van der Waals surface area contributed by atoms with Gasteiger partial charge in [-0.3, -0.25) is 14.4 Å². The average Bonchev–Trinajstić information content (AvgIpc) is 2.07. The fourth-order valence-corrected chi connectivity index (χ4v) is 15.3. The molecule has 12 rings (SSSR count). The first-order valence-electron chi connectivity index (χ1n) is 31.3. The molecule has 3 saturated heterocycles. The Labute approximate surface area is 532 Å². The number of nitrogens with zero attached hydrogens (tertiary/aromatic N) is 6. The maximum Gasteiger partial charge on any atom is 0.280 e. The van der Waals surface area contributed by atoms with Crippen molar-refractivity contribution in [1.82, 2.24) is 30.9 Å². The maximum atomic E-state index is 13.8. The number of hydrogen-bond acceptors (Lipinski definition) is 13. The van der Waals surface area contributed by atoms with E-state index in [1.165, 1.54) is 138 Å². The van der Waals surface area contributed by atoms with E-state index in [0.717, 1.165) is 107 Å². The van der Waals surface area contributed by atoms with Gasteiger partial charge in [0.2, 0.25) is 0 Å². The van der Waals surface area contributed by atoms with Crippen LogP contribution in [0.15, 0.2) is 91.0 Å². The van der Waals surface area contributed by atoms with Crippen LogP contribution in [-0.2, 0) is 19.3 Å². The van der Waals surface area contributed by atoms with Gasteiger partial charge in [-0.1, -0.05) is 36.4 Å². The summed E-state index contributed by atoms with van der Waals surface area (Å²) in [6.45, 7) is 19.6. The van der Waals surface area contributed by atoms with E-state index in [0.29, 0.717) is 55.3 Å². The number of fused-ring (bicyclic) bond motifs is 3. The molecule has 3 fully saturated rings. The van der Waals surface area contributed by atoms with E-state index in [2.05, 4.69) is 118 Å². The number of halogens is 3. The lowest BCUT2D eigenvalue weighted by Gasteiger charge is -2.28. The molecule has 468 valence electrons. The minimum atomic E-state index is -2.62. The Bertz CT molecular complexity index is 3760. The van der Waals surface area contributed by atoms with Crippen molar-refractivity contribution in [1.29, 1.82) is 0 Å². The number of rotatable bonds is 16. The molecule has 0 spiro atoms. The third kappa shape index (κ3) is 15.9. The predicted octanol–water partition coefficient (Wildman–Crippen LogP) is 15.3. The first-order valence-corrected chi connectivity index (χ1v) is 33.7. The lowest BCUT2D eigenvalue weighted by molar-refractivity contribution is 0.0949. The molecule has 5 N–H and O–H groups in total. The number of carbonyl (C=O) groups excluding carboxylic acids is 3. The van der Waals surface area contributed by atoms with Gasteiger partial charge in [-0.2, -0.15) is 0 Å². The lowest BCUT2D eigenvalue weighted by atomic mass is 10.1. The van der Waals surface area contributed by atoms with Crippen LogP contribution in [0.25, 0.3) is 30.6 Å². The number of pyridine rings is 3. The Morgan fingerprint density at radius 2 is 0.876 bits per heavy atom. The first-order chi connectivity index (χ1) is 43.0. The van der Waals surface area contributed by atoms with Crippen LogP contribution >= 0.6 is 34.0 Å². The fraction of sp³-hybridized carbons (Fsp3) is 0.400. The van der Waals surface area contributed by atoms with Crippen molar-refractivity contribution in [2.24, 2.45) is 0 Å². The number of nitrogen functional groups attached to an aromatic ring is 1. The average molecular weight is 1260 g/mol. The van der Waals surface area contributed by atoms with Crippen molar-refractivity contribution in [2.45, 2.75) is 125 Å². The molecule has 89 heavy (non-hydrogen) atoms.